The lowest BCUT2D eigenvalue weighted by Gasteiger charge is -2.35. The van der Waals surface area contributed by atoms with Crippen LogP contribution in [0.5, 0.6) is 0 Å². The van der Waals surface area contributed by atoms with Crippen molar-refractivity contribution in [2.45, 2.75) is 78.6 Å². The molecule has 11 nitrogen and oxygen atoms in total. The molecule has 1 aromatic heterocycles. The highest BCUT2D eigenvalue weighted by Gasteiger charge is 2.44. The van der Waals surface area contributed by atoms with Crippen molar-refractivity contribution >= 4 is 29.1 Å². The molecule has 0 bridgehead atoms. The predicted molar refractivity (Wildman–Crippen MR) is 169 cm³/mol. The number of ether oxygens (including phenoxy) is 3. The van der Waals surface area contributed by atoms with E-state index in [-0.39, 0.29) is 44.4 Å². The van der Waals surface area contributed by atoms with Crippen LogP contribution in [0, 0.1) is 12.3 Å². The molecule has 0 saturated carbocycles. The lowest BCUT2D eigenvalue weighted by atomic mass is 9.85. The van der Waals surface area contributed by atoms with Crippen LogP contribution < -0.4 is 10.6 Å². The summed E-state index contributed by atoms with van der Waals surface area (Å²) >= 11 is 1.58. The molecule has 3 atom stereocenters. The Kier molecular flexibility index (Phi) is 14.2. The molecule has 244 valence electrons. The van der Waals surface area contributed by atoms with Gasteiger partial charge in [-0.05, 0) is 29.9 Å². The topological polar surface area (TPSA) is 139 Å². The maximum absolute atomic E-state index is 13.7. The van der Waals surface area contributed by atoms with Crippen molar-refractivity contribution < 1.29 is 33.7 Å². The van der Waals surface area contributed by atoms with E-state index in [1.807, 2.05) is 64.4 Å². The first-order valence-electron chi connectivity index (χ1n) is 15.3. The van der Waals surface area contributed by atoms with E-state index in [1.54, 1.807) is 11.3 Å². The lowest BCUT2D eigenvalue weighted by molar-refractivity contribution is -0.144. The number of likely N-dealkylation sites (tertiary alicyclic amines) is 1. The van der Waals surface area contributed by atoms with Gasteiger partial charge in [0.2, 0.25) is 17.7 Å². The van der Waals surface area contributed by atoms with Crippen LogP contribution in [0.2, 0.25) is 0 Å². The summed E-state index contributed by atoms with van der Waals surface area (Å²) in [4.78, 5) is 46.6. The number of nitrogens with zero attached hydrogens (tertiary/aromatic N) is 2. The fourth-order valence-electron chi connectivity index (χ4n) is 4.86. The van der Waals surface area contributed by atoms with Crippen molar-refractivity contribution in [3.05, 3.63) is 41.0 Å². The highest BCUT2D eigenvalue weighted by atomic mass is 32.1. The van der Waals surface area contributed by atoms with Gasteiger partial charge >= 0.3 is 0 Å². The fourth-order valence-corrected chi connectivity index (χ4v) is 5.68. The van der Waals surface area contributed by atoms with Gasteiger partial charge in [0.1, 0.15) is 12.1 Å². The van der Waals surface area contributed by atoms with Crippen molar-refractivity contribution in [1.82, 2.24) is 20.5 Å². The van der Waals surface area contributed by atoms with Crippen LogP contribution in [0.25, 0.3) is 10.4 Å². The summed E-state index contributed by atoms with van der Waals surface area (Å²) in [5, 5.41) is 16.2. The molecule has 1 fully saturated rings. The zero-order valence-electron chi connectivity index (χ0n) is 26.6. The molecule has 44 heavy (non-hydrogen) atoms. The SMILES string of the molecule is CCCOCCOCCOCCC(=O)N[C@H](C(=O)N1C[C@H](O)C[C@H]1C(=O)NCc1ccc(-c2scnc2C)cc1)C(C)(C)C. The smallest absolute Gasteiger partial charge is 0.246 e. The third kappa shape index (κ3) is 10.9. The van der Waals surface area contributed by atoms with Gasteiger partial charge in [-0.25, -0.2) is 4.98 Å². The minimum Gasteiger partial charge on any atom is -0.391 e. The number of carbonyl (C=O) groups is 3. The van der Waals surface area contributed by atoms with E-state index in [9.17, 15) is 19.5 Å². The number of rotatable bonds is 17. The van der Waals surface area contributed by atoms with E-state index in [2.05, 4.69) is 15.6 Å². The highest BCUT2D eigenvalue weighted by Crippen LogP contribution is 2.28. The normalized spacial score (nSPS) is 17.5. The van der Waals surface area contributed by atoms with Gasteiger partial charge in [0.05, 0.1) is 55.2 Å². The Morgan fingerprint density at radius 3 is 2.27 bits per heavy atom. The molecule has 0 aliphatic carbocycles. The van der Waals surface area contributed by atoms with Gasteiger partial charge in [-0.1, -0.05) is 52.0 Å². The van der Waals surface area contributed by atoms with E-state index in [4.69, 9.17) is 14.2 Å². The number of amides is 3. The summed E-state index contributed by atoms with van der Waals surface area (Å²) in [6, 6.07) is 6.17. The number of nitrogens with one attached hydrogen (secondary N) is 2. The van der Waals surface area contributed by atoms with Gasteiger partial charge in [0.25, 0.3) is 0 Å². The quantitative estimate of drug-likeness (QED) is 0.226. The van der Waals surface area contributed by atoms with Gasteiger partial charge in [-0.2, -0.15) is 0 Å². The zero-order chi connectivity index (χ0) is 32.1. The van der Waals surface area contributed by atoms with Crippen LogP contribution in [0.3, 0.4) is 0 Å². The van der Waals surface area contributed by atoms with E-state index in [0.717, 1.165) is 28.1 Å². The monoisotopic (exact) mass is 632 g/mol. The number of aromatic nitrogens is 1. The van der Waals surface area contributed by atoms with Crippen LogP contribution in [0.1, 0.15) is 58.2 Å². The largest absolute Gasteiger partial charge is 0.391 e. The van der Waals surface area contributed by atoms with Crippen molar-refractivity contribution in [3.63, 3.8) is 0 Å². The standard InChI is InChI=1S/C32H48N4O7S/c1-6-12-41-14-16-43-17-15-42-13-11-27(38)35-29(32(3,4)5)31(40)36-20-25(37)18-26(36)30(39)33-19-23-7-9-24(10-8-23)28-22(2)34-21-44-28/h7-10,21,25-26,29,37H,6,11-20H2,1-5H3,(H,33,39)(H,35,38)/t25-,26+,29-/m1/s1. The van der Waals surface area contributed by atoms with E-state index in [1.165, 1.54) is 4.90 Å². The van der Waals surface area contributed by atoms with Gasteiger partial charge in [0.15, 0.2) is 0 Å². The molecular weight excluding hydrogens is 584 g/mol. The molecule has 0 spiro atoms. The van der Waals surface area contributed by atoms with Crippen molar-refractivity contribution in [3.8, 4) is 10.4 Å². The van der Waals surface area contributed by atoms with Gasteiger partial charge in [-0.15, -0.1) is 11.3 Å². The van der Waals surface area contributed by atoms with Crippen LogP contribution in [0.15, 0.2) is 29.8 Å². The molecule has 1 aliphatic rings. The number of aryl methyl sites for hydroxylation is 1. The summed E-state index contributed by atoms with van der Waals surface area (Å²) in [6.07, 6.45) is 0.343. The molecular formula is C32H48N4O7S. The summed E-state index contributed by atoms with van der Waals surface area (Å²) in [5.74, 6) is -1.07. The first kappa shape index (κ1) is 35.6. The van der Waals surface area contributed by atoms with Crippen LogP contribution >= 0.6 is 11.3 Å². The number of aliphatic hydroxyl groups is 1. The van der Waals surface area contributed by atoms with E-state index >= 15 is 0 Å². The maximum Gasteiger partial charge on any atom is 0.246 e. The highest BCUT2D eigenvalue weighted by molar-refractivity contribution is 7.13. The molecule has 0 radical (unpaired) electrons. The second-order valence-corrected chi connectivity index (χ2v) is 12.9. The second kappa shape index (κ2) is 17.6. The molecule has 12 heteroatoms. The maximum atomic E-state index is 13.7. The van der Waals surface area contributed by atoms with Crippen LogP contribution in [-0.2, 0) is 35.1 Å². The number of hydrogen-bond acceptors (Lipinski definition) is 9. The van der Waals surface area contributed by atoms with Gasteiger partial charge < -0.3 is 34.9 Å². The Morgan fingerprint density at radius 2 is 1.68 bits per heavy atom. The number of carbonyl (C=O) groups excluding carboxylic acids is 3. The first-order valence-corrected chi connectivity index (χ1v) is 16.2. The Balaban J connectivity index is 1.49. The number of hydrogen-bond donors (Lipinski definition) is 3. The Labute approximate surface area is 264 Å². The number of thiazole rings is 1. The average molecular weight is 633 g/mol. The third-order valence-electron chi connectivity index (χ3n) is 7.28. The minimum atomic E-state index is -0.884. The van der Waals surface area contributed by atoms with Gasteiger partial charge in [0, 0.05) is 32.5 Å². The summed E-state index contributed by atoms with van der Waals surface area (Å²) in [6.45, 7) is 12.6. The summed E-state index contributed by atoms with van der Waals surface area (Å²) in [7, 11) is 0. The molecule has 2 aromatic rings. The summed E-state index contributed by atoms with van der Waals surface area (Å²) < 4.78 is 16.3. The van der Waals surface area contributed by atoms with Crippen LogP contribution in [-0.4, -0.2) is 97.1 Å². The number of β-amino-alcohol motifs (C(OH)–C–C–N with tert-alkyl or cyclic N) is 1. The van der Waals surface area contributed by atoms with Crippen LogP contribution in [0.4, 0.5) is 0 Å². The lowest BCUT2D eigenvalue weighted by Crippen LogP contribution is -2.57. The number of benzene rings is 1. The Morgan fingerprint density at radius 1 is 1.05 bits per heavy atom. The minimum absolute atomic E-state index is 0.0227. The van der Waals surface area contributed by atoms with E-state index in [0.29, 0.717) is 33.0 Å². The first-order chi connectivity index (χ1) is 21.0. The molecule has 1 saturated heterocycles. The average Bonchev–Trinajstić information content (AvgIpc) is 3.60. The molecule has 1 aliphatic heterocycles. The number of aliphatic hydroxyl groups excluding tert-OH is 1. The Hall–Kier alpha value is -2.90. The fraction of sp³-hybridized carbons (Fsp3) is 0.625. The molecule has 1 aromatic carbocycles. The Bertz CT molecular complexity index is 1200. The third-order valence-corrected chi connectivity index (χ3v) is 8.25. The van der Waals surface area contributed by atoms with Crippen molar-refractivity contribution in [2.24, 2.45) is 5.41 Å². The molecule has 3 N–H and O–H groups in total. The predicted octanol–water partition coefficient (Wildman–Crippen LogP) is 3.08. The summed E-state index contributed by atoms with van der Waals surface area (Å²) in [5.41, 5.74) is 4.14. The molecule has 3 amide bonds. The van der Waals surface area contributed by atoms with Gasteiger partial charge in [-0.3, -0.25) is 14.4 Å². The molecule has 0 unspecified atom stereocenters. The second-order valence-electron chi connectivity index (χ2n) is 12.0. The van der Waals surface area contributed by atoms with Crippen molar-refractivity contribution in [1.29, 1.82) is 0 Å². The molecule has 3 rings (SSSR count). The zero-order valence-corrected chi connectivity index (χ0v) is 27.4. The van der Waals surface area contributed by atoms with E-state index < -0.39 is 29.5 Å². The molecule has 2 heterocycles. The van der Waals surface area contributed by atoms with Crippen molar-refractivity contribution in [2.75, 3.05) is 46.2 Å².